The number of para-hydroxylation sites is 1. The molecule has 0 saturated heterocycles. The second-order valence-corrected chi connectivity index (χ2v) is 10.1. The fraction of sp³-hybridized carbons (Fsp3) is 0.192. The molecule has 1 aromatic heterocycles. The summed E-state index contributed by atoms with van der Waals surface area (Å²) in [6.07, 6.45) is 1.65. The van der Waals surface area contributed by atoms with E-state index in [4.69, 9.17) is 0 Å². The summed E-state index contributed by atoms with van der Waals surface area (Å²) in [6, 6.07) is 21.1. The highest BCUT2D eigenvalue weighted by molar-refractivity contribution is 7.92. The number of benzene rings is 3. The topological polar surface area (TPSA) is 68.2 Å². The highest BCUT2D eigenvalue weighted by atomic mass is 32.2. The number of rotatable bonds is 6. The van der Waals surface area contributed by atoms with E-state index in [1.165, 1.54) is 0 Å². The number of amides is 1. The lowest BCUT2D eigenvalue weighted by atomic mass is 10.1. The van der Waals surface area contributed by atoms with Crippen LogP contribution in [0.4, 0.5) is 5.69 Å². The normalized spacial score (nSPS) is 11.6. The van der Waals surface area contributed by atoms with Gasteiger partial charge in [-0.15, -0.1) is 0 Å². The molecule has 4 aromatic rings. The lowest BCUT2D eigenvalue weighted by Gasteiger charge is -2.09. The summed E-state index contributed by atoms with van der Waals surface area (Å²) in [5, 5.41) is 3.37. The molecule has 3 aromatic carbocycles. The monoisotopic (exact) mass is 446 g/mol. The zero-order valence-electron chi connectivity index (χ0n) is 18.4. The summed E-state index contributed by atoms with van der Waals surface area (Å²) >= 11 is 0. The molecule has 1 heterocycles. The molecule has 0 bridgehead atoms. The third-order valence-electron chi connectivity index (χ3n) is 5.67. The van der Waals surface area contributed by atoms with Gasteiger partial charge in [0.05, 0.1) is 4.90 Å². The highest BCUT2D eigenvalue weighted by Gasteiger charge is 2.24. The second kappa shape index (κ2) is 8.63. The summed E-state index contributed by atoms with van der Waals surface area (Å²) in [7, 11) is -3.84. The van der Waals surface area contributed by atoms with Gasteiger partial charge in [0.25, 0.3) is 0 Å². The first kappa shape index (κ1) is 21.8. The summed E-state index contributed by atoms with van der Waals surface area (Å²) in [5.41, 5.74) is 5.68. The van der Waals surface area contributed by atoms with Crippen molar-refractivity contribution < 1.29 is 13.2 Å². The molecule has 164 valence electrons. The maximum absolute atomic E-state index is 13.2. The first-order valence-corrected chi connectivity index (χ1v) is 12.1. The van der Waals surface area contributed by atoms with Gasteiger partial charge in [0.2, 0.25) is 5.91 Å². The Morgan fingerprint density at radius 1 is 0.906 bits per heavy atom. The lowest BCUT2D eigenvalue weighted by molar-refractivity contribution is -0.113. The van der Waals surface area contributed by atoms with Crippen LogP contribution >= 0.6 is 0 Å². The zero-order valence-corrected chi connectivity index (χ0v) is 19.2. The minimum absolute atomic E-state index is 0.178. The quantitative estimate of drug-likeness (QED) is 0.452. The predicted octanol–water partition coefficient (Wildman–Crippen LogP) is 5.03. The van der Waals surface area contributed by atoms with Crippen molar-refractivity contribution >= 4 is 32.3 Å². The minimum Gasteiger partial charge on any atom is -0.342 e. The Bertz CT molecular complexity index is 1420. The number of fused-ring (bicyclic) bond motifs is 1. The van der Waals surface area contributed by atoms with E-state index in [-0.39, 0.29) is 4.90 Å². The van der Waals surface area contributed by atoms with Gasteiger partial charge in [0.1, 0.15) is 5.75 Å². The number of carbonyl (C=O) groups is 1. The van der Waals surface area contributed by atoms with Crippen LogP contribution in [-0.4, -0.2) is 24.6 Å². The number of carbonyl (C=O) groups excluding carboxylic acids is 1. The van der Waals surface area contributed by atoms with E-state index in [0.717, 1.165) is 27.8 Å². The summed E-state index contributed by atoms with van der Waals surface area (Å²) in [6.45, 7) is 6.44. The van der Waals surface area contributed by atoms with Crippen LogP contribution in [0.3, 0.4) is 0 Å². The number of hydrogen-bond donors (Lipinski definition) is 1. The fourth-order valence-corrected chi connectivity index (χ4v) is 5.32. The molecule has 1 N–H and O–H groups in total. The van der Waals surface area contributed by atoms with Gasteiger partial charge >= 0.3 is 0 Å². The zero-order chi connectivity index (χ0) is 22.9. The number of hydrogen-bond acceptors (Lipinski definition) is 3. The van der Waals surface area contributed by atoms with Crippen molar-refractivity contribution in [2.75, 3.05) is 11.1 Å². The number of sulfone groups is 1. The van der Waals surface area contributed by atoms with Crippen LogP contribution in [0.2, 0.25) is 0 Å². The molecule has 0 saturated carbocycles. The van der Waals surface area contributed by atoms with Crippen molar-refractivity contribution in [2.24, 2.45) is 0 Å². The molecule has 0 fully saturated rings. The Morgan fingerprint density at radius 2 is 1.62 bits per heavy atom. The average Bonchev–Trinajstić information content (AvgIpc) is 3.11. The van der Waals surface area contributed by atoms with E-state index in [9.17, 15) is 13.2 Å². The van der Waals surface area contributed by atoms with Crippen molar-refractivity contribution in [2.45, 2.75) is 32.2 Å². The van der Waals surface area contributed by atoms with Gasteiger partial charge < -0.3 is 9.88 Å². The van der Waals surface area contributed by atoms with Crippen molar-refractivity contribution in [3.63, 3.8) is 0 Å². The largest absolute Gasteiger partial charge is 0.342 e. The maximum atomic E-state index is 13.2. The molecule has 0 radical (unpaired) electrons. The Morgan fingerprint density at radius 3 is 2.38 bits per heavy atom. The van der Waals surface area contributed by atoms with E-state index >= 15 is 0 Å². The summed E-state index contributed by atoms with van der Waals surface area (Å²) in [4.78, 5) is 12.8. The minimum atomic E-state index is -3.84. The predicted molar refractivity (Wildman–Crippen MR) is 129 cm³/mol. The van der Waals surface area contributed by atoms with E-state index in [2.05, 4.69) is 5.32 Å². The Labute approximate surface area is 188 Å². The van der Waals surface area contributed by atoms with Gasteiger partial charge in [0, 0.05) is 29.3 Å². The third-order valence-corrected chi connectivity index (χ3v) is 7.30. The van der Waals surface area contributed by atoms with Crippen LogP contribution < -0.4 is 5.32 Å². The number of nitrogens with zero attached hydrogens (tertiary/aromatic N) is 1. The van der Waals surface area contributed by atoms with Gasteiger partial charge in [-0.3, -0.25) is 4.79 Å². The molecular formula is C26H26N2O3S. The van der Waals surface area contributed by atoms with Crippen LogP contribution in [0, 0.1) is 20.8 Å². The molecule has 4 rings (SSSR count). The Hall–Kier alpha value is -3.38. The molecule has 32 heavy (non-hydrogen) atoms. The van der Waals surface area contributed by atoms with Crippen molar-refractivity contribution in [1.82, 2.24) is 4.57 Å². The average molecular weight is 447 g/mol. The van der Waals surface area contributed by atoms with Crippen LogP contribution in [0.15, 0.2) is 77.8 Å². The number of aryl methyl sites for hydroxylation is 3. The highest BCUT2D eigenvalue weighted by Crippen LogP contribution is 2.28. The Balaban J connectivity index is 1.64. The molecule has 1 amide bonds. The first-order chi connectivity index (χ1) is 15.2. The maximum Gasteiger partial charge on any atom is 0.239 e. The fourth-order valence-electron chi connectivity index (χ4n) is 3.95. The molecule has 0 aliphatic carbocycles. The van der Waals surface area contributed by atoms with Gasteiger partial charge in [-0.25, -0.2) is 8.42 Å². The van der Waals surface area contributed by atoms with E-state index in [0.29, 0.717) is 17.6 Å². The number of aromatic nitrogens is 1. The molecule has 0 atom stereocenters. The summed E-state index contributed by atoms with van der Waals surface area (Å²) < 4.78 is 28.4. The van der Waals surface area contributed by atoms with Crippen molar-refractivity contribution in [3.8, 4) is 0 Å². The third kappa shape index (κ3) is 4.46. The molecule has 5 nitrogen and oxygen atoms in total. The van der Waals surface area contributed by atoms with Crippen LogP contribution in [0.1, 0.15) is 22.3 Å². The molecule has 0 aliphatic rings. The van der Waals surface area contributed by atoms with E-state index in [1.807, 2.05) is 79.9 Å². The van der Waals surface area contributed by atoms with Gasteiger partial charge in [-0.05, 0) is 49.6 Å². The summed E-state index contributed by atoms with van der Waals surface area (Å²) in [5.74, 6) is -1.16. The SMILES string of the molecule is Cc1ccc(NC(=O)CS(=O)(=O)c2cn(Cc3ccccc3C)c3ccccc23)c(C)c1. The lowest BCUT2D eigenvalue weighted by Crippen LogP contribution is -2.23. The van der Waals surface area contributed by atoms with Crippen LogP contribution in [0.25, 0.3) is 10.9 Å². The Kier molecular flexibility index (Phi) is 5.89. The molecule has 0 unspecified atom stereocenters. The standard InChI is InChI=1S/C26H26N2O3S/c1-18-12-13-23(20(3)14-18)27-26(29)17-32(30,31)25-16-28(24-11-7-6-10-22(24)25)15-21-9-5-4-8-19(21)2/h4-14,16H,15,17H2,1-3H3,(H,27,29). The van der Waals surface area contributed by atoms with Crippen LogP contribution in [0.5, 0.6) is 0 Å². The smallest absolute Gasteiger partial charge is 0.239 e. The second-order valence-electron chi connectivity index (χ2n) is 8.19. The molecule has 6 heteroatoms. The molecule has 0 aliphatic heterocycles. The van der Waals surface area contributed by atoms with E-state index < -0.39 is 21.5 Å². The van der Waals surface area contributed by atoms with E-state index in [1.54, 1.807) is 18.3 Å². The van der Waals surface area contributed by atoms with Crippen LogP contribution in [-0.2, 0) is 21.2 Å². The number of nitrogens with one attached hydrogen (secondary N) is 1. The molecule has 0 spiro atoms. The van der Waals surface area contributed by atoms with Crippen molar-refractivity contribution in [3.05, 3.63) is 95.2 Å². The van der Waals surface area contributed by atoms with Gasteiger partial charge in [-0.2, -0.15) is 0 Å². The van der Waals surface area contributed by atoms with Gasteiger partial charge in [-0.1, -0.05) is 60.2 Å². The van der Waals surface area contributed by atoms with Gasteiger partial charge in [0.15, 0.2) is 9.84 Å². The molecular weight excluding hydrogens is 420 g/mol. The number of anilines is 1. The van der Waals surface area contributed by atoms with Crippen molar-refractivity contribution in [1.29, 1.82) is 0 Å². The first-order valence-electron chi connectivity index (χ1n) is 10.5.